The van der Waals surface area contributed by atoms with E-state index in [0.717, 1.165) is 76.6 Å². The Labute approximate surface area is 136 Å². The zero-order valence-corrected chi connectivity index (χ0v) is 13.5. The molecule has 0 aromatic carbocycles. The van der Waals surface area contributed by atoms with Crippen LogP contribution in [0, 0.1) is 0 Å². The van der Waals surface area contributed by atoms with Crippen LogP contribution in [0.5, 0.6) is 0 Å². The lowest BCUT2D eigenvalue weighted by Crippen LogP contribution is -2.38. The molecule has 0 saturated carbocycles. The third-order valence-corrected chi connectivity index (χ3v) is 4.86. The average Bonchev–Trinajstić information content (AvgIpc) is 3.00. The maximum absolute atomic E-state index is 5.52. The van der Waals surface area contributed by atoms with Gasteiger partial charge in [-0.2, -0.15) is 0 Å². The molecule has 0 N–H and O–H groups in total. The molecular formula is C17H24N4O2. The fourth-order valence-corrected chi connectivity index (χ4v) is 3.53. The second-order valence-electron chi connectivity index (χ2n) is 6.31. The molecule has 4 rings (SSSR count). The first-order valence-electron chi connectivity index (χ1n) is 8.61. The molecule has 2 saturated heterocycles. The third kappa shape index (κ3) is 3.24. The number of aromatic nitrogens is 3. The molecule has 2 aliphatic rings. The van der Waals surface area contributed by atoms with Crippen LogP contribution in [0.3, 0.4) is 0 Å². The number of pyridine rings is 1. The predicted octanol–water partition coefficient (Wildman–Crippen LogP) is 1.66. The number of imidazole rings is 1. The Hall–Kier alpha value is -1.50. The van der Waals surface area contributed by atoms with Gasteiger partial charge in [-0.15, -0.1) is 0 Å². The fraction of sp³-hybridized carbons (Fsp3) is 0.647. The van der Waals surface area contributed by atoms with Crippen molar-refractivity contribution in [2.24, 2.45) is 0 Å². The van der Waals surface area contributed by atoms with Crippen molar-refractivity contribution in [1.29, 1.82) is 0 Å². The number of hydrogen-bond donors (Lipinski definition) is 0. The lowest BCUT2D eigenvalue weighted by Gasteiger charge is -2.28. The Morgan fingerprint density at radius 1 is 1.04 bits per heavy atom. The number of rotatable bonds is 4. The van der Waals surface area contributed by atoms with Crippen molar-refractivity contribution >= 4 is 11.2 Å². The highest BCUT2D eigenvalue weighted by Crippen LogP contribution is 2.28. The summed E-state index contributed by atoms with van der Waals surface area (Å²) in [6.45, 7) is 7.38. The Balaban J connectivity index is 1.59. The molecule has 0 bridgehead atoms. The van der Waals surface area contributed by atoms with Gasteiger partial charge in [0.25, 0.3) is 0 Å². The molecule has 6 heteroatoms. The molecule has 0 atom stereocenters. The Morgan fingerprint density at radius 3 is 2.65 bits per heavy atom. The average molecular weight is 316 g/mol. The summed E-state index contributed by atoms with van der Waals surface area (Å²) < 4.78 is 13.3. The van der Waals surface area contributed by atoms with Gasteiger partial charge in [0.1, 0.15) is 11.3 Å². The van der Waals surface area contributed by atoms with E-state index in [4.69, 9.17) is 14.5 Å². The molecule has 0 spiro atoms. The van der Waals surface area contributed by atoms with Crippen LogP contribution in [0.15, 0.2) is 18.3 Å². The van der Waals surface area contributed by atoms with E-state index in [2.05, 4.69) is 20.5 Å². The van der Waals surface area contributed by atoms with E-state index in [1.807, 2.05) is 12.3 Å². The van der Waals surface area contributed by atoms with E-state index >= 15 is 0 Å². The van der Waals surface area contributed by atoms with Crippen LogP contribution >= 0.6 is 0 Å². The first-order chi connectivity index (χ1) is 11.4. The molecule has 124 valence electrons. The van der Waals surface area contributed by atoms with Crippen molar-refractivity contribution in [1.82, 2.24) is 19.4 Å². The van der Waals surface area contributed by atoms with Gasteiger partial charge in [0, 0.05) is 51.5 Å². The Bertz CT molecular complexity index is 645. The minimum atomic E-state index is 0.489. The van der Waals surface area contributed by atoms with Gasteiger partial charge >= 0.3 is 0 Å². The lowest BCUT2D eigenvalue weighted by molar-refractivity contribution is 0.0362. The maximum Gasteiger partial charge on any atom is 0.160 e. The van der Waals surface area contributed by atoms with Crippen LogP contribution in [0.2, 0.25) is 0 Å². The van der Waals surface area contributed by atoms with E-state index in [1.54, 1.807) is 0 Å². The molecule has 2 fully saturated rings. The van der Waals surface area contributed by atoms with Gasteiger partial charge in [0.15, 0.2) is 5.65 Å². The summed E-state index contributed by atoms with van der Waals surface area (Å²) in [6.07, 6.45) is 3.98. The first kappa shape index (κ1) is 15.1. The van der Waals surface area contributed by atoms with E-state index in [9.17, 15) is 0 Å². The molecule has 0 amide bonds. The standard InChI is InChI=1S/C17H24N4O2/c1-2-15-17(18-5-1)21(7-6-20-8-12-23-13-9-20)16(19-15)14-3-10-22-11-4-14/h1-2,5,14H,3-4,6-13H2. The number of ether oxygens (including phenoxy) is 2. The molecule has 2 aromatic heterocycles. The third-order valence-electron chi connectivity index (χ3n) is 4.86. The summed E-state index contributed by atoms with van der Waals surface area (Å²) in [4.78, 5) is 12.0. The van der Waals surface area contributed by atoms with Gasteiger partial charge in [0.05, 0.1) is 13.2 Å². The van der Waals surface area contributed by atoms with Crippen LogP contribution in [0.25, 0.3) is 11.2 Å². The largest absolute Gasteiger partial charge is 0.381 e. The van der Waals surface area contributed by atoms with E-state index < -0.39 is 0 Å². The molecule has 0 aliphatic carbocycles. The van der Waals surface area contributed by atoms with Crippen LogP contribution in [-0.4, -0.2) is 65.5 Å². The summed E-state index contributed by atoms with van der Waals surface area (Å²) in [5, 5.41) is 0. The van der Waals surface area contributed by atoms with Crippen molar-refractivity contribution in [2.75, 3.05) is 46.1 Å². The highest BCUT2D eigenvalue weighted by atomic mass is 16.5. The summed E-state index contributed by atoms with van der Waals surface area (Å²) in [6, 6.07) is 4.03. The van der Waals surface area contributed by atoms with Crippen molar-refractivity contribution in [3.63, 3.8) is 0 Å². The summed E-state index contributed by atoms with van der Waals surface area (Å²) in [7, 11) is 0. The van der Waals surface area contributed by atoms with Crippen LogP contribution in [0.4, 0.5) is 0 Å². The second-order valence-corrected chi connectivity index (χ2v) is 6.31. The molecule has 2 aromatic rings. The molecule has 2 aliphatic heterocycles. The van der Waals surface area contributed by atoms with Gasteiger partial charge in [-0.25, -0.2) is 9.97 Å². The van der Waals surface area contributed by atoms with Gasteiger partial charge in [-0.3, -0.25) is 4.90 Å². The summed E-state index contributed by atoms with van der Waals surface area (Å²) in [5.41, 5.74) is 2.03. The SMILES string of the molecule is c1cnc2c(c1)nc(C1CCOCC1)n2CCN1CCOCC1. The van der Waals surface area contributed by atoms with Crippen LogP contribution in [-0.2, 0) is 16.0 Å². The van der Waals surface area contributed by atoms with Crippen LogP contribution < -0.4 is 0 Å². The topological polar surface area (TPSA) is 52.4 Å². The highest BCUT2D eigenvalue weighted by Gasteiger charge is 2.23. The monoisotopic (exact) mass is 316 g/mol. The fourth-order valence-electron chi connectivity index (χ4n) is 3.53. The van der Waals surface area contributed by atoms with E-state index in [-0.39, 0.29) is 0 Å². The molecule has 4 heterocycles. The number of fused-ring (bicyclic) bond motifs is 1. The van der Waals surface area contributed by atoms with Gasteiger partial charge in [-0.05, 0) is 25.0 Å². The number of morpholine rings is 1. The Morgan fingerprint density at radius 2 is 1.83 bits per heavy atom. The zero-order valence-electron chi connectivity index (χ0n) is 13.5. The zero-order chi connectivity index (χ0) is 15.5. The van der Waals surface area contributed by atoms with Crippen molar-refractivity contribution in [2.45, 2.75) is 25.3 Å². The number of hydrogen-bond acceptors (Lipinski definition) is 5. The van der Waals surface area contributed by atoms with E-state index in [0.29, 0.717) is 5.92 Å². The van der Waals surface area contributed by atoms with Crippen molar-refractivity contribution in [3.8, 4) is 0 Å². The molecule has 0 unspecified atom stereocenters. The minimum Gasteiger partial charge on any atom is -0.381 e. The molecule has 0 radical (unpaired) electrons. The van der Waals surface area contributed by atoms with Crippen LogP contribution in [0.1, 0.15) is 24.6 Å². The molecular weight excluding hydrogens is 292 g/mol. The summed E-state index contributed by atoms with van der Waals surface area (Å²) in [5.74, 6) is 1.68. The summed E-state index contributed by atoms with van der Waals surface area (Å²) >= 11 is 0. The molecule has 6 nitrogen and oxygen atoms in total. The molecule has 23 heavy (non-hydrogen) atoms. The normalized spacial score (nSPS) is 21.0. The van der Waals surface area contributed by atoms with Crippen molar-refractivity contribution < 1.29 is 9.47 Å². The quantitative estimate of drug-likeness (QED) is 0.858. The smallest absolute Gasteiger partial charge is 0.160 e. The second kappa shape index (κ2) is 6.95. The van der Waals surface area contributed by atoms with Gasteiger partial charge < -0.3 is 14.0 Å². The highest BCUT2D eigenvalue weighted by molar-refractivity contribution is 5.71. The minimum absolute atomic E-state index is 0.489. The van der Waals surface area contributed by atoms with Gasteiger partial charge in [-0.1, -0.05) is 0 Å². The van der Waals surface area contributed by atoms with Gasteiger partial charge in [0.2, 0.25) is 0 Å². The van der Waals surface area contributed by atoms with Crippen molar-refractivity contribution in [3.05, 3.63) is 24.2 Å². The first-order valence-corrected chi connectivity index (χ1v) is 8.61. The van der Waals surface area contributed by atoms with E-state index in [1.165, 1.54) is 5.82 Å². The lowest BCUT2D eigenvalue weighted by atomic mass is 9.99. The predicted molar refractivity (Wildman–Crippen MR) is 87.6 cm³/mol. The Kier molecular flexibility index (Phi) is 4.55. The maximum atomic E-state index is 5.52. The number of nitrogens with zero attached hydrogens (tertiary/aromatic N) is 4.